The highest BCUT2D eigenvalue weighted by molar-refractivity contribution is 9.08. The lowest BCUT2D eigenvalue weighted by atomic mass is 10.0. The van der Waals surface area contributed by atoms with E-state index in [1.807, 2.05) is 11.3 Å². The predicted octanol–water partition coefficient (Wildman–Crippen LogP) is 4.67. The van der Waals surface area contributed by atoms with Gasteiger partial charge in [0.25, 0.3) is 0 Å². The first-order chi connectivity index (χ1) is 6.77. The zero-order chi connectivity index (χ0) is 10.1. The molecule has 0 aliphatic carbocycles. The van der Waals surface area contributed by atoms with Gasteiger partial charge in [0.15, 0.2) is 0 Å². The van der Waals surface area contributed by atoms with Crippen molar-refractivity contribution in [1.82, 2.24) is 0 Å². The van der Waals surface area contributed by atoms with Gasteiger partial charge in [0.2, 0.25) is 0 Å². The lowest BCUT2D eigenvalue weighted by molar-refractivity contribution is 1.12. The van der Waals surface area contributed by atoms with Gasteiger partial charge >= 0.3 is 0 Å². The highest BCUT2D eigenvalue weighted by Gasteiger charge is 2.07. The maximum Gasteiger partial charge on any atom is 0.0377 e. The van der Waals surface area contributed by atoms with E-state index in [9.17, 15) is 0 Å². The summed E-state index contributed by atoms with van der Waals surface area (Å²) in [6.07, 6.45) is 1.13. The van der Waals surface area contributed by atoms with Crippen LogP contribution >= 0.6 is 27.3 Å². The van der Waals surface area contributed by atoms with Crippen molar-refractivity contribution < 1.29 is 0 Å². The van der Waals surface area contributed by atoms with Crippen LogP contribution in [0.3, 0.4) is 0 Å². The van der Waals surface area contributed by atoms with Gasteiger partial charge < -0.3 is 0 Å². The molecule has 0 unspecified atom stereocenters. The minimum atomic E-state index is 0.956. The van der Waals surface area contributed by atoms with Crippen molar-refractivity contribution in [2.45, 2.75) is 25.6 Å². The maximum absolute atomic E-state index is 3.52. The molecule has 74 valence electrons. The minimum absolute atomic E-state index is 0.956. The Morgan fingerprint density at radius 3 is 2.71 bits per heavy atom. The second-order valence-electron chi connectivity index (χ2n) is 3.47. The molecular formula is C12H13BrS. The average Bonchev–Trinajstić information content (AvgIpc) is 2.62. The molecule has 2 rings (SSSR count). The van der Waals surface area contributed by atoms with E-state index in [0.29, 0.717) is 0 Å². The number of thiophene rings is 1. The lowest BCUT2D eigenvalue weighted by Crippen LogP contribution is -1.86. The fraction of sp³-hybridized carbons (Fsp3) is 0.333. The van der Waals surface area contributed by atoms with Crippen LogP contribution in [-0.4, -0.2) is 0 Å². The van der Waals surface area contributed by atoms with Crippen molar-refractivity contribution in [2.24, 2.45) is 0 Å². The van der Waals surface area contributed by atoms with Crippen LogP contribution in [0, 0.1) is 6.92 Å². The zero-order valence-corrected chi connectivity index (χ0v) is 10.8. The average molecular weight is 269 g/mol. The van der Waals surface area contributed by atoms with Gasteiger partial charge in [-0.2, -0.15) is 0 Å². The molecule has 0 nitrogen and oxygen atoms in total. The van der Waals surface area contributed by atoms with Crippen LogP contribution < -0.4 is 0 Å². The lowest BCUT2D eigenvalue weighted by Gasteiger charge is -2.04. The molecule has 1 aromatic carbocycles. The van der Waals surface area contributed by atoms with Crippen molar-refractivity contribution in [3.8, 4) is 0 Å². The highest BCUT2D eigenvalue weighted by atomic mass is 79.9. The number of alkyl halides is 1. The predicted molar refractivity (Wildman–Crippen MR) is 68.6 cm³/mol. The molecule has 0 spiro atoms. The molecule has 1 aromatic heterocycles. The van der Waals surface area contributed by atoms with Gasteiger partial charge in [0, 0.05) is 10.0 Å². The SMILES string of the molecule is CCc1ccc2c(CBr)csc2c1C. The van der Waals surface area contributed by atoms with Crippen molar-refractivity contribution in [3.63, 3.8) is 0 Å². The topological polar surface area (TPSA) is 0 Å². The van der Waals surface area contributed by atoms with Gasteiger partial charge in [-0.05, 0) is 40.8 Å². The highest BCUT2D eigenvalue weighted by Crippen LogP contribution is 2.31. The number of fused-ring (bicyclic) bond motifs is 1. The molecule has 0 aliphatic heterocycles. The summed E-state index contributed by atoms with van der Waals surface area (Å²) in [7, 11) is 0. The van der Waals surface area contributed by atoms with Gasteiger partial charge in [-0.3, -0.25) is 0 Å². The summed E-state index contributed by atoms with van der Waals surface area (Å²) >= 11 is 5.39. The minimum Gasteiger partial charge on any atom is -0.143 e. The van der Waals surface area contributed by atoms with Crippen molar-refractivity contribution in [1.29, 1.82) is 0 Å². The fourth-order valence-electron chi connectivity index (χ4n) is 1.82. The monoisotopic (exact) mass is 268 g/mol. The summed E-state index contributed by atoms with van der Waals surface area (Å²) in [6.45, 7) is 4.45. The fourth-order valence-corrected chi connectivity index (χ4v) is 3.60. The molecule has 14 heavy (non-hydrogen) atoms. The molecule has 0 fully saturated rings. The number of hydrogen-bond acceptors (Lipinski definition) is 1. The molecule has 0 amide bonds. The van der Waals surface area contributed by atoms with Crippen molar-refractivity contribution >= 4 is 37.4 Å². The van der Waals surface area contributed by atoms with Crippen molar-refractivity contribution in [3.05, 3.63) is 34.2 Å². The summed E-state index contributed by atoms with van der Waals surface area (Å²) in [5, 5.41) is 4.63. The largest absolute Gasteiger partial charge is 0.143 e. The number of benzene rings is 1. The van der Waals surface area contributed by atoms with E-state index in [0.717, 1.165) is 11.8 Å². The molecule has 0 atom stereocenters. The van der Waals surface area contributed by atoms with E-state index in [2.05, 4.69) is 47.3 Å². The molecule has 0 aliphatic rings. The van der Waals surface area contributed by atoms with E-state index in [-0.39, 0.29) is 0 Å². The van der Waals surface area contributed by atoms with Crippen LogP contribution in [0.5, 0.6) is 0 Å². The molecule has 2 heteroatoms. The zero-order valence-electron chi connectivity index (χ0n) is 8.43. The molecule has 0 saturated carbocycles. The molecule has 0 radical (unpaired) electrons. The molecular weight excluding hydrogens is 256 g/mol. The first-order valence-electron chi connectivity index (χ1n) is 4.82. The Labute approximate surface area is 97.1 Å². The van der Waals surface area contributed by atoms with E-state index < -0.39 is 0 Å². The van der Waals surface area contributed by atoms with Gasteiger partial charge in [-0.15, -0.1) is 11.3 Å². The Kier molecular flexibility index (Phi) is 2.93. The second-order valence-corrected chi connectivity index (χ2v) is 4.91. The standard InChI is InChI=1S/C12H13BrS/c1-3-9-4-5-11-10(6-13)7-14-12(11)8(9)2/h4-5,7H,3,6H2,1-2H3. The Hall–Kier alpha value is -0.340. The van der Waals surface area contributed by atoms with E-state index >= 15 is 0 Å². The normalized spacial score (nSPS) is 11.1. The van der Waals surface area contributed by atoms with E-state index in [1.54, 1.807) is 0 Å². The van der Waals surface area contributed by atoms with Crippen LogP contribution in [0.25, 0.3) is 10.1 Å². The van der Waals surface area contributed by atoms with Crippen LogP contribution in [0.15, 0.2) is 17.5 Å². The number of hydrogen-bond donors (Lipinski definition) is 0. The summed E-state index contributed by atoms with van der Waals surface area (Å²) in [6, 6.07) is 4.52. The van der Waals surface area contributed by atoms with Crippen molar-refractivity contribution in [2.75, 3.05) is 0 Å². The third-order valence-electron chi connectivity index (χ3n) is 2.71. The Morgan fingerprint density at radius 2 is 2.07 bits per heavy atom. The number of rotatable bonds is 2. The van der Waals surface area contributed by atoms with Gasteiger partial charge in [-0.25, -0.2) is 0 Å². The summed E-state index contributed by atoms with van der Waals surface area (Å²) in [4.78, 5) is 0. The molecule has 2 aromatic rings. The van der Waals surface area contributed by atoms with E-state index in [4.69, 9.17) is 0 Å². The third kappa shape index (κ3) is 1.51. The van der Waals surface area contributed by atoms with Crippen LogP contribution in [0.2, 0.25) is 0 Å². The third-order valence-corrected chi connectivity index (χ3v) is 4.48. The van der Waals surface area contributed by atoms with Crippen LogP contribution in [-0.2, 0) is 11.8 Å². The smallest absolute Gasteiger partial charge is 0.0377 e. The first kappa shape index (κ1) is 10.2. The molecule has 0 saturated heterocycles. The quantitative estimate of drug-likeness (QED) is 0.695. The molecule has 1 heterocycles. The van der Waals surface area contributed by atoms with Crippen LogP contribution in [0.4, 0.5) is 0 Å². The Balaban J connectivity index is 2.72. The Morgan fingerprint density at radius 1 is 1.29 bits per heavy atom. The van der Waals surface area contributed by atoms with E-state index in [1.165, 1.54) is 26.8 Å². The van der Waals surface area contributed by atoms with Gasteiger partial charge in [-0.1, -0.05) is 35.0 Å². The van der Waals surface area contributed by atoms with Gasteiger partial charge in [0.1, 0.15) is 0 Å². The maximum atomic E-state index is 3.52. The number of aryl methyl sites for hydroxylation is 2. The Bertz CT molecular complexity index is 457. The molecule has 0 bridgehead atoms. The number of halogens is 1. The summed E-state index contributed by atoms with van der Waals surface area (Å²) < 4.78 is 1.46. The van der Waals surface area contributed by atoms with Gasteiger partial charge in [0.05, 0.1) is 0 Å². The second kappa shape index (κ2) is 4.03. The summed E-state index contributed by atoms with van der Waals surface area (Å²) in [5.74, 6) is 0. The molecule has 0 N–H and O–H groups in total. The summed E-state index contributed by atoms with van der Waals surface area (Å²) in [5.41, 5.74) is 4.35. The van der Waals surface area contributed by atoms with Crippen LogP contribution in [0.1, 0.15) is 23.6 Å². The first-order valence-corrected chi connectivity index (χ1v) is 6.82.